The number of nitrogens with one attached hydrogen (secondary N) is 2. The maximum Gasteiger partial charge on any atom is 0.428 e. The zero-order chi connectivity index (χ0) is 24.6. The van der Waals surface area contributed by atoms with Crippen LogP contribution in [0.3, 0.4) is 0 Å². The summed E-state index contributed by atoms with van der Waals surface area (Å²) >= 11 is 12.8. The van der Waals surface area contributed by atoms with Crippen LogP contribution < -0.4 is 10.8 Å². The van der Waals surface area contributed by atoms with E-state index >= 15 is 0 Å². The molecule has 2 N–H and O–H groups in total. The Morgan fingerprint density at radius 1 is 1.09 bits per heavy atom. The van der Waals surface area contributed by atoms with Gasteiger partial charge in [0.25, 0.3) is 5.91 Å². The summed E-state index contributed by atoms with van der Waals surface area (Å²) in [6.45, 7) is -1.52. The van der Waals surface area contributed by atoms with E-state index in [2.05, 4.69) is 5.48 Å². The quantitative estimate of drug-likeness (QED) is 0.349. The van der Waals surface area contributed by atoms with Crippen LogP contribution in [0.2, 0.25) is 10.0 Å². The molecular formula is C20H14Cl2F6N2O2S. The molecule has 3 rings (SSSR count). The van der Waals surface area contributed by atoms with Crippen LogP contribution >= 0.6 is 35.0 Å². The molecule has 13 heteroatoms. The van der Waals surface area contributed by atoms with Gasteiger partial charge in [-0.05, 0) is 42.7 Å². The molecule has 33 heavy (non-hydrogen) atoms. The average Bonchev–Trinajstić information content (AvgIpc) is 3.17. The molecule has 1 amide bonds. The Morgan fingerprint density at radius 2 is 1.73 bits per heavy atom. The van der Waals surface area contributed by atoms with Gasteiger partial charge in [0.05, 0.1) is 11.3 Å². The van der Waals surface area contributed by atoms with Crippen LogP contribution in [-0.2, 0) is 10.4 Å². The summed E-state index contributed by atoms with van der Waals surface area (Å²) < 4.78 is 79.5. The van der Waals surface area contributed by atoms with Crippen LogP contribution in [0.5, 0.6) is 0 Å². The van der Waals surface area contributed by atoms with Gasteiger partial charge in [0.15, 0.2) is 0 Å². The zero-order valence-electron chi connectivity index (χ0n) is 16.5. The third-order valence-electron chi connectivity index (χ3n) is 4.59. The molecule has 2 aromatic carbocycles. The summed E-state index contributed by atoms with van der Waals surface area (Å²) in [4.78, 5) is 17.4. The van der Waals surface area contributed by atoms with Crippen LogP contribution in [0.25, 0.3) is 5.70 Å². The van der Waals surface area contributed by atoms with Crippen molar-refractivity contribution in [3.05, 3.63) is 69.2 Å². The van der Waals surface area contributed by atoms with Gasteiger partial charge in [-0.15, -0.1) is 11.8 Å². The lowest BCUT2D eigenvalue weighted by atomic mass is 9.91. The van der Waals surface area contributed by atoms with Gasteiger partial charge in [-0.3, -0.25) is 15.1 Å². The highest BCUT2D eigenvalue weighted by Crippen LogP contribution is 2.48. The maximum atomic E-state index is 14.1. The van der Waals surface area contributed by atoms with E-state index in [4.69, 9.17) is 28.0 Å². The van der Waals surface area contributed by atoms with Crippen LogP contribution in [-0.4, -0.2) is 31.1 Å². The molecule has 0 saturated heterocycles. The number of thioether (sulfide) groups is 1. The first-order valence-corrected chi connectivity index (χ1v) is 11.0. The smallest absolute Gasteiger partial charge is 0.343 e. The number of alkyl halides is 6. The molecule has 1 unspecified atom stereocenters. The highest BCUT2D eigenvalue weighted by Gasteiger charge is 2.59. The minimum atomic E-state index is -4.91. The Bertz CT molecular complexity index is 1090. The largest absolute Gasteiger partial charge is 0.428 e. The van der Waals surface area contributed by atoms with Crippen molar-refractivity contribution in [2.24, 2.45) is 0 Å². The van der Waals surface area contributed by atoms with Crippen LogP contribution in [0.15, 0.2) is 47.4 Å². The van der Waals surface area contributed by atoms with E-state index in [1.54, 1.807) is 11.6 Å². The Kier molecular flexibility index (Phi) is 7.18. The van der Waals surface area contributed by atoms with Gasteiger partial charge in [0.1, 0.15) is 6.54 Å². The van der Waals surface area contributed by atoms with E-state index in [0.717, 1.165) is 30.0 Å². The van der Waals surface area contributed by atoms with Gasteiger partial charge in [0, 0.05) is 26.1 Å². The molecule has 0 saturated carbocycles. The van der Waals surface area contributed by atoms with Gasteiger partial charge >= 0.3 is 12.4 Å². The molecule has 0 fully saturated rings. The second kappa shape index (κ2) is 9.28. The predicted molar refractivity (Wildman–Crippen MR) is 113 cm³/mol. The summed E-state index contributed by atoms with van der Waals surface area (Å²) in [5.74, 6) is -0.967. The number of carbonyl (C=O) groups is 1. The minimum absolute atomic E-state index is 0.0227. The molecular weight excluding hydrogens is 517 g/mol. The number of carbonyl (C=O) groups excluding carboxylic acids is 1. The fourth-order valence-electron chi connectivity index (χ4n) is 3.08. The van der Waals surface area contributed by atoms with E-state index in [-0.39, 0.29) is 37.3 Å². The van der Waals surface area contributed by atoms with Crippen molar-refractivity contribution in [2.75, 3.05) is 12.8 Å². The Labute approximate surface area is 198 Å². The topological polar surface area (TPSA) is 50.4 Å². The van der Waals surface area contributed by atoms with Gasteiger partial charge < -0.3 is 5.32 Å². The van der Waals surface area contributed by atoms with E-state index < -0.39 is 30.4 Å². The Morgan fingerprint density at radius 3 is 2.27 bits per heavy atom. The average molecular weight is 531 g/mol. The summed E-state index contributed by atoms with van der Waals surface area (Å²) in [7, 11) is 0. The SMILES string of the molecule is CSc1cc(C2=CC(c3cc(Cl)cc(Cl)c3)(C(F)(F)F)ON2)ccc1C(=O)NCC(F)(F)F. The number of amides is 1. The van der Waals surface area contributed by atoms with Gasteiger partial charge in [-0.2, -0.15) is 26.3 Å². The van der Waals surface area contributed by atoms with Gasteiger partial charge in [-0.1, -0.05) is 29.3 Å². The number of halogens is 8. The van der Waals surface area contributed by atoms with Crippen LogP contribution in [0, 0.1) is 0 Å². The van der Waals surface area contributed by atoms with Crippen molar-refractivity contribution < 1.29 is 36.0 Å². The fourth-order valence-corrected chi connectivity index (χ4v) is 4.23. The molecule has 1 heterocycles. The molecule has 0 spiro atoms. The summed E-state index contributed by atoms with van der Waals surface area (Å²) in [6, 6.07) is 7.30. The summed E-state index contributed by atoms with van der Waals surface area (Å²) in [5.41, 5.74) is -0.924. The molecule has 1 aliphatic heterocycles. The second-order valence-corrected chi connectivity index (χ2v) is 8.59. The molecule has 0 bridgehead atoms. The van der Waals surface area contributed by atoms with Crippen LogP contribution in [0.1, 0.15) is 21.5 Å². The molecule has 0 aliphatic carbocycles. The van der Waals surface area contributed by atoms with Crippen LogP contribution in [0.4, 0.5) is 26.3 Å². The summed E-state index contributed by atoms with van der Waals surface area (Å²) in [6.07, 6.45) is -7.12. The van der Waals surface area contributed by atoms with Gasteiger partial charge in [-0.25, -0.2) is 0 Å². The van der Waals surface area contributed by atoms with Crippen molar-refractivity contribution in [2.45, 2.75) is 22.8 Å². The summed E-state index contributed by atoms with van der Waals surface area (Å²) in [5, 5.41) is 1.72. The van der Waals surface area contributed by atoms with Crippen molar-refractivity contribution >= 4 is 46.6 Å². The molecule has 0 aromatic heterocycles. The van der Waals surface area contributed by atoms with E-state index in [1.165, 1.54) is 24.3 Å². The van der Waals surface area contributed by atoms with Crippen molar-refractivity contribution in [1.82, 2.24) is 10.8 Å². The van der Waals surface area contributed by atoms with Crippen molar-refractivity contribution in [1.29, 1.82) is 0 Å². The molecule has 178 valence electrons. The molecule has 2 aromatic rings. The first-order chi connectivity index (χ1) is 15.3. The van der Waals surface area contributed by atoms with E-state index in [0.29, 0.717) is 0 Å². The van der Waals surface area contributed by atoms with E-state index in [1.807, 2.05) is 0 Å². The molecule has 1 aliphatic rings. The zero-order valence-corrected chi connectivity index (χ0v) is 18.8. The van der Waals surface area contributed by atoms with Crippen molar-refractivity contribution in [3.8, 4) is 0 Å². The first-order valence-electron chi connectivity index (χ1n) is 8.99. The number of hydroxylamine groups is 1. The maximum absolute atomic E-state index is 14.1. The van der Waals surface area contributed by atoms with E-state index in [9.17, 15) is 31.1 Å². The highest BCUT2D eigenvalue weighted by molar-refractivity contribution is 7.98. The van der Waals surface area contributed by atoms with Crippen molar-refractivity contribution in [3.63, 3.8) is 0 Å². The minimum Gasteiger partial charge on any atom is -0.343 e. The third-order valence-corrected chi connectivity index (χ3v) is 5.80. The lowest BCUT2D eigenvalue weighted by Gasteiger charge is -2.28. The normalized spacial score (nSPS) is 18.6. The Hall–Kier alpha value is -2.08. The molecule has 4 nitrogen and oxygen atoms in total. The Balaban J connectivity index is 2.00. The highest BCUT2D eigenvalue weighted by atomic mass is 35.5. The standard InChI is InChI=1S/C20H14Cl2F6N2O2S/c1-33-16-4-10(2-3-14(16)17(31)29-9-19(23,24)25)15-8-18(32-30-15,20(26,27)28)11-5-12(21)7-13(22)6-11/h2-8,30H,9H2,1H3,(H,29,31). The molecule has 0 radical (unpaired) electrons. The predicted octanol–water partition coefficient (Wildman–Crippen LogP) is 6.34. The monoisotopic (exact) mass is 530 g/mol. The lowest BCUT2D eigenvalue weighted by molar-refractivity contribution is -0.269. The third kappa shape index (κ3) is 5.53. The number of hydrogen-bond donors (Lipinski definition) is 2. The fraction of sp³-hybridized carbons (Fsp3) is 0.250. The second-order valence-electron chi connectivity index (χ2n) is 6.87. The number of hydrogen-bond acceptors (Lipinski definition) is 4. The number of rotatable bonds is 5. The first kappa shape index (κ1) is 25.5. The molecule has 1 atom stereocenters. The van der Waals surface area contributed by atoms with Gasteiger partial charge in [0.2, 0.25) is 5.60 Å². The number of benzene rings is 2. The lowest BCUT2D eigenvalue weighted by Crippen LogP contribution is -2.42.